The molecular weight excluding hydrogens is 350 g/mol. The molecule has 0 aliphatic heterocycles. The van der Waals surface area contributed by atoms with Crippen molar-refractivity contribution in [2.24, 2.45) is 5.10 Å². The van der Waals surface area contributed by atoms with Crippen LogP contribution in [0.3, 0.4) is 0 Å². The number of aromatic hydroxyl groups is 1. The first-order chi connectivity index (χ1) is 11.9. The van der Waals surface area contributed by atoms with E-state index in [9.17, 15) is 20.0 Å². The third-order valence-electron chi connectivity index (χ3n) is 3.03. The number of aryl methyl sites for hydroxylation is 1. The van der Waals surface area contributed by atoms with Gasteiger partial charge in [-0.2, -0.15) is 5.10 Å². The minimum atomic E-state index is -0.771. The van der Waals surface area contributed by atoms with Gasteiger partial charge < -0.3 is 9.84 Å². The van der Waals surface area contributed by atoms with Gasteiger partial charge in [-0.3, -0.25) is 14.9 Å². The van der Waals surface area contributed by atoms with Crippen LogP contribution in [-0.4, -0.2) is 28.8 Å². The van der Waals surface area contributed by atoms with Crippen LogP contribution in [0.15, 0.2) is 41.5 Å². The molecule has 0 aliphatic rings. The average Bonchev–Trinajstić information content (AvgIpc) is 2.55. The Morgan fingerprint density at radius 3 is 2.88 bits per heavy atom. The monoisotopic (exact) mass is 363 g/mol. The van der Waals surface area contributed by atoms with Gasteiger partial charge in [0.2, 0.25) is 5.75 Å². The summed E-state index contributed by atoms with van der Waals surface area (Å²) in [6.45, 7) is 1.64. The van der Waals surface area contributed by atoms with Gasteiger partial charge in [-0.05, 0) is 30.7 Å². The maximum Gasteiger partial charge on any atom is 0.312 e. The van der Waals surface area contributed by atoms with E-state index >= 15 is 0 Å². The fourth-order valence-corrected chi connectivity index (χ4v) is 2.12. The normalized spacial score (nSPS) is 10.6. The summed E-state index contributed by atoms with van der Waals surface area (Å²) >= 11 is 5.75. The van der Waals surface area contributed by atoms with E-state index in [1.165, 1.54) is 6.07 Å². The van der Waals surface area contributed by atoms with Crippen LogP contribution < -0.4 is 10.2 Å². The lowest BCUT2D eigenvalue weighted by atomic mass is 10.2. The molecule has 1 amide bonds. The first-order valence-electron chi connectivity index (χ1n) is 7.05. The Balaban J connectivity index is 1.96. The minimum absolute atomic E-state index is 0.000831. The molecule has 9 heteroatoms. The van der Waals surface area contributed by atoms with Crippen molar-refractivity contribution in [2.45, 2.75) is 6.92 Å². The standard InChI is InChI=1S/C16H14ClN3O5/c1-10-3-2-4-13(5-10)25-9-15(21)19-18-8-11-6-12(17)7-14(16(11)22)20(23)24/h2-8,22H,9H2,1H3,(H,19,21). The lowest BCUT2D eigenvalue weighted by Gasteiger charge is -2.05. The Kier molecular flexibility index (Phi) is 5.91. The van der Waals surface area contributed by atoms with Gasteiger partial charge in [-0.15, -0.1) is 0 Å². The quantitative estimate of drug-likeness (QED) is 0.465. The number of phenolic OH excluding ortho intramolecular Hbond substituents is 1. The maximum atomic E-state index is 11.7. The molecule has 0 atom stereocenters. The van der Waals surface area contributed by atoms with Crippen molar-refractivity contribution in [3.8, 4) is 11.5 Å². The second-order valence-electron chi connectivity index (χ2n) is 5.02. The lowest BCUT2D eigenvalue weighted by Crippen LogP contribution is -2.24. The number of hydrogen-bond acceptors (Lipinski definition) is 6. The Morgan fingerprint density at radius 1 is 1.44 bits per heavy atom. The van der Waals surface area contributed by atoms with Gasteiger partial charge in [0, 0.05) is 16.7 Å². The third kappa shape index (κ3) is 5.18. The molecule has 130 valence electrons. The molecule has 0 aromatic heterocycles. The zero-order valence-electron chi connectivity index (χ0n) is 13.1. The molecule has 8 nitrogen and oxygen atoms in total. The molecule has 2 aromatic rings. The number of carbonyl (C=O) groups is 1. The summed E-state index contributed by atoms with van der Waals surface area (Å²) in [4.78, 5) is 21.7. The number of nitro groups is 1. The first-order valence-corrected chi connectivity index (χ1v) is 7.43. The van der Waals surface area contributed by atoms with Gasteiger partial charge in [0.05, 0.1) is 11.1 Å². The number of nitro benzene ring substituents is 1. The molecule has 0 spiro atoms. The van der Waals surface area contributed by atoms with E-state index in [0.717, 1.165) is 17.8 Å². The van der Waals surface area contributed by atoms with Gasteiger partial charge in [0.15, 0.2) is 6.61 Å². The van der Waals surface area contributed by atoms with Crippen LogP contribution in [0.2, 0.25) is 5.02 Å². The zero-order valence-corrected chi connectivity index (χ0v) is 13.9. The molecule has 2 rings (SSSR count). The van der Waals surface area contributed by atoms with Crippen molar-refractivity contribution in [3.63, 3.8) is 0 Å². The number of halogens is 1. The van der Waals surface area contributed by atoms with Gasteiger partial charge in [0.1, 0.15) is 5.75 Å². The van der Waals surface area contributed by atoms with Crippen molar-refractivity contribution < 1.29 is 19.6 Å². The largest absolute Gasteiger partial charge is 0.502 e. The van der Waals surface area contributed by atoms with Crippen LogP contribution in [-0.2, 0) is 4.79 Å². The second-order valence-corrected chi connectivity index (χ2v) is 5.45. The number of hydrazone groups is 1. The van der Waals surface area contributed by atoms with Crippen molar-refractivity contribution >= 4 is 29.4 Å². The Bertz CT molecular complexity index is 839. The van der Waals surface area contributed by atoms with Gasteiger partial charge in [0.25, 0.3) is 5.91 Å². The molecule has 0 saturated carbocycles. The Morgan fingerprint density at radius 2 is 2.20 bits per heavy atom. The Hall–Kier alpha value is -3.13. The van der Waals surface area contributed by atoms with Crippen molar-refractivity contribution in [1.82, 2.24) is 5.43 Å². The first kappa shape index (κ1) is 18.2. The Labute approximate surface area is 147 Å². The average molecular weight is 364 g/mol. The van der Waals surface area contributed by atoms with Gasteiger partial charge in [-0.1, -0.05) is 23.7 Å². The molecule has 0 heterocycles. The highest BCUT2D eigenvalue weighted by molar-refractivity contribution is 6.31. The summed E-state index contributed by atoms with van der Waals surface area (Å²) in [7, 11) is 0. The van der Waals surface area contributed by atoms with Crippen molar-refractivity contribution in [2.75, 3.05) is 6.61 Å². The van der Waals surface area contributed by atoms with Crippen molar-refractivity contribution in [1.29, 1.82) is 0 Å². The molecule has 0 aliphatic carbocycles. The van der Waals surface area contributed by atoms with Crippen LogP contribution >= 0.6 is 11.6 Å². The van der Waals surface area contributed by atoms with Gasteiger partial charge >= 0.3 is 5.69 Å². The van der Waals surface area contributed by atoms with Crippen molar-refractivity contribution in [3.05, 3.63) is 62.7 Å². The van der Waals surface area contributed by atoms with Crippen LogP contribution in [0.25, 0.3) is 0 Å². The van der Waals surface area contributed by atoms with E-state index in [4.69, 9.17) is 16.3 Å². The summed E-state index contributed by atoms with van der Waals surface area (Å²) in [6, 6.07) is 9.49. The third-order valence-corrected chi connectivity index (χ3v) is 3.25. The summed E-state index contributed by atoms with van der Waals surface area (Å²) in [5.74, 6) is -0.584. The van der Waals surface area contributed by atoms with Crippen LogP contribution in [0, 0.1) is 17.0 Å². The topological polar surface area (TPSA) is 114 Å². The number of ether oxygens (including phenoxy) is 1. The van der Waals surface area contributed by atoms with E-state index in [1.807, 2.05) is 13.0 Å². The number of amides is 1. The SMILES string of the molecule is Cc1cccc(OCC(=O)NN=Cc2cc(Cl)cc([N+](=O)[O-])c2O)c1. The van der Waals surface area contributed by atoms with E-state index in [1.54, 1.807) is 18.2 Å². The van der Waals surface area contributed by atoms with Crippen LogP contribution in [0.5, 0.6) is 11.5 Å². The zero-order chi connectivity index (χ0) is 18.4. The molecule has 0 unspecified atom stereocenters. The number of nitrogens with one attached hydrogen (secondary N) is 1. The highest BCUT2D eigenvalue weighted by Crippen LogP contribution is 2.32. The van der Waals surface area contributed by atoms with E-state index in [-0.39, 0.29) is 17.2 Å². The van der Waals surface area contributed by atoms with E-state index in [2.05, 4.69) is 10.5 Å². The van der Waals surface area contributed by atoms with E-state index in [0.29, 0.717) is 5.75 Å². The smallest absolute Gasteiger partial charge is 0.312 e. The molecule has 2 N–H and O–H groups in total. The number of hydrogen-bond donors (Lipinski definition) is 2. The predicted molar refractivity (Wildman–Crippen MR) is 92.2 cm³/mol. The highest BCUT2D eigenvalue weighted by atomic mass is 35.5. The minimum Gasteiger partial charge on any atom is -0.502 e. The fraction of sp³-hybridized carbons (Fsp3) is 0.125. The number of nitrogens with zero attached hydrogens (tertiary/aromatic N) is 2. The highest BCUT2D eigenvalue weighted by Gasteiger charge is 2.17. The lowest BCUT2D eigenvalue weighted by molar-refractivity contribution is -0.385. The number of phenols is 1. The van der Waals surface area contributed by atoms with Gasteiger partial charge in [-0.25, -0.2) is 5.43 Å². The number of benzene rings is 2. The van der Waals surface area contributed by atoms with Crippen LogP contribution in [0.1, 0.15) is 11.1 Å². The maximum absolute atomic E-state index is 11.7. The molecule has 0 radical (unpaired) electrons. The second kappa shape index (κ2) is 8.11. The predicted octanol–water partition coefficient (Wildman–Crippen LogP) is 2.79. The molecule has 25 heavy (non-hydrogen) atoms. The number of carbonyl (C=O) groups excluding carboxylic acids is 1. The molecule has 0 fully saturated rings. The summed E-state index contributed by atoms with van der Waals surface area (Å²) < 4.78 is 5.30. The summed E-state index contributed by atoms with van der Waals surface area (Å²) in [6.07, 6.45) is 1.05. The van der Waals surface area contributed by atoms with Crippen LogP contribution in [0.4, 0.5) is 5.69 Å². The molecular formula is C16H14ClN3O5. The molecule has 2 aromatic carbocycles. The summed E-state index contributed by atoms with van der Waals surface area (Å²) in [5, 5.41) is 24.3. The summed E-state index contributed by atoms with van der Waals surface area (Å²) in [5.41, 5.74) is 2.63. The van der Waals surface area contributed by atoms with E-state index < -0.39 is 22.3 Å². The molecule has 0 saturated heterocycles. The number of rotatable bonds is 6. The fourth-order valence-electron chi connectivity index (χ4n) is 1.90. The molecule has 0 bridgehead atoms.